The first-order chi connectivity index (χ1) is 7.45. The SMILES string of the molecule is CNC(C)CNS(=O)(=O)c1ccc(Br)cn1. The Labute approximate surface area is 104 Å². The lowest BCUT2D eigenvalue weighted by Crippen LogP contribution is -2.37. The number of aromatic nitrogens is 1. The van der Waals surface area contributed by atoms with E-state index in [-0.39, 0.29) is 11.1 Å². The highest BCUT2D eigenvalue weighted by Gasteiger charge is 2.15. The van der Waals surface area contributed by atoms with E-state index < -0.39 is 10.0 Å². The molecule has 1 aromatic heterocycles. The van der Waals surface area contributed by atoms with E-state index >= 15 is 0 Å². The number of rotatable bonds is 5. The first kappa shape index (κ1) is 13.6. The molecule has 1 unspecified atom stereocenters. The summed E-state index contributed by atoms with van der Waals surface area (Å²) in [5.41, 5.74) is 0. The summed E-state index contributed by atoms with van der Waals surface area (Å²) in [6, 6.07) is 3.17. The molecular weight excluding hydrogens is 294 g/mol. The van der Waals surface area contributed by atoms with E-state index in [4.69, 9.17) is 0 Å². The van der Waals surface area contributed by atoms with Gasteiger partial charge in [-0.3, -0.25) is 0 Å². The Balaban J connectivity index is 2.74. The Morgan fingerprint density at radius 2 is 2.19 bits per heavy atom. The maximum atomic E-state index is 11.7. The molecule has 1 heterocycles. The van der Waals surface area contributed by atoms with Crippen LogP contribution >= 0.6 is 15.9 Å². The van der Waals surface area contributed by atoms with Crippen molar-refractivity contribution in [2.75, 3.05) is 13.6 Å². The Morgan fingerprint density at radius 1 is 1.50 bits per heavy atom. The Bertz CT molecular complexity index is 433. The van der Waals surface area contributed by atoms with Gasteiger partial charge in [0, 0.05) is 23.3 Å². The lowest BCUT2D eigenvalue weighted by Gasteiger charge is -2.11. The quantitative estimate of drug-likeness (QED) is 0.841. The van der Waals surface area contributed by atoms with Crippen molar-refractivity contribution >= 4 is 26.0 Å². The summed E-state index contributed by atoms with van der Waals surface area (Å²) in [6.07, 6.45) is 1.45. The van der Waals surface area contributed by atoms with Crippen LogP contribution in [0.5, 0.6) is 0 Å². The van der Waals surface area contributed by atoms with E-state index in [2.05, 4.69) is 31.0 Å². The molecule has 0 spiro atoms. The molecule has 0 saturated carbocycles. The van der Waals surface area contributed by atoms with Crippen LogP contribution in [-0.4, -0.2) is 33.0 Å². The minimum Gasteiger partial charge on any atom is -0.316 e. The van der Waals surface area contributed by atoms with Gasteiger partial charge in [0.1, 0.15) is 0 Å². The maximum Gasteiger partial charge on any atom is 0.258 e. The highest BCUT2D eigenvalue weighted by Crippen LogP contribution is 2.10. The minimum atomic E-state index is -3.50. The van der Waals surface area contributed by atoms with Crippen molar-refractivity contribution in [3.63, 3.8) is 0 Å². The fourth-order valence-corrected chi connectivity index (χ4v) is 2.22. The molecular formula is C9H14BrN3O2S. The number of hydrogen-bond acceptors (Lipinski definition) is 4. The molecule has 0 radical (unpaired) electrons. The summed E-state index contributed by atoms with van der Waals surface area (Å²) in [7, 11) is -1.73. The van der Waals surface area contributed by atoms with Crippen LogP contribution in [-0.2, 0) is 10.0 Å². The third kappa shape index (κ3) is 3.82. The lowest BCUT2D eigenvalue weighted by molar-refractivity contribution is 0.551. The number of nitrogens with zero attached hydrogens (tertiary/aromatic N) is 1. The van der Waals surface area contributed by atoms with Crippen LogP contribution in [0.1, 0.15) is 6.92 Å². The van der Waals surface area contributed by atoms with Crippen LogP contribution in [0.2, 0.25) is 0 Å². The van der Waals surface area contributed by atoms with E-state index in [1.54, 1.807) is 13.1 Å². The monoisotopic (exact) mass is 307 g/mol. The van der Waals surface area contributed by atoms with Crippen molar-refractivity contribution in [1.82, 2.24) is 15.0 Å². The zero-order valence-electron chi connectivity index (χ0n) is 9.07. The number of hydrogen-bond donors (Lipinski definition) is 2. The van der Waals surface area contributed by atoms with Gasteiger partial charge in [0.05, 0.1) is 0 Å². The predicted molar refractivity (Wildman–Crippen MR) is 65.6 cm³/mol. The van der Waals surface area contributed by atoms with Crippen molar-refractivity contribution < 1.29 is 8.42 Å². The molecule has 0 bridgehead atoms. The molecule has 0 aliphatic heterocycles. The normalized spacial score (nSPS) is 13.7. The molecule has 5 nitrogen and oxygen atoms in total. The lowest BCUT2D eigenvalue weighted by atomic mass is 10.4. The second-order valence-corrected chi connectivity index (χ2v) is 5.99. The van der Waals surface area contributed by atoms with Crippen LogP contribution in [0, 0.1) is 0 Å². The van der Waals surface area contributed by atoms with Gasteiger partial charge in [0.15, 0.2) is 5.03 Å². The standard InChI is InChI=1S/C9H14BrN3O2S/c1-7(11-2)5-13-16(14,15)9-4-3-8(10)6-12-9/h3-4,6-7,11,13H,5H2,1-2H3. The summed E-state index contributed by atoms with van der Waals surface area (Å²) in [6.45, 7) is 2.22. The van der Waals surface area contributed by atoms with Crippen LogP contribution < -0.4 is 10.0 Å². The summed E-state index contributed by atoms with van der Waals surface area (Å²) in [4.78, 5) is 3.84. The van der Waals surface area contributed by atoms with E-state index in [9.17, 15) is 8.42 Å². The summed E-state index contributed by atoms with van der Waals surface area (Å²) in [5.74, 6) is 0. The second kappa shape index (κ2) is 5.72. The fourth-order valence-electron chi connectivity index (χ4n) is 0.932. The van der Waals surface area contributed by atoms with Gasteiger partial charge in [-0.05, 0) is 42.0 Å². The Hall–Kier alpha value is -0.500. The van der Waals surface area contributed by atoms with Gasteiger partial charge in [0.2, 0.25) is 0 Å². The van der Waals surface area contributed by atoms with E-state index in [1.165, 1.54) is 12.3 Å². The highest BCUT2D eigenvalue weighted by atomic mass is 79.9. The molecule has 1 atom stereocenters. The Kier molecular flexibility index (Phi) is 4.85. The molecule has 0 aliphatic carbocycles. The van der Waals surface area contributed by atoms with Crippen LogP contribution in [0.25, 0.3) is 0 Å². The van der Waals surface area contributed by atoms with Crippen LogP contribution in [0.15, 0.2) is 27.8 Å². The minimum absolute atomic E-state index is 0.0269. The summed E-state index contributed by atoms with van der Waals surface area (Å²) < 4.78 is 26.7. The first-order valence-corrected chi connectivity index (χ1v) is 7.02. The van der Waals surface area contributed by atoms with Gasteiger partial charge in [-0.2, -0.15) is 0 Å². The number of likely N-dealkylation sites (N-methyl/N-ethyl adjacent to an activating group) is 1. The molecule has 1 rings (SSSR count). The van der Waals surface area contributed by atoms with Gasteiger partial charge < -0.3 is 5.32 Å². The average molecular weight is 308 g/mol. The first-order valence-electron chi connectivity index (χ1n) is 4.74. The van der Waals surface area contributed by atoms with Gasteiger partial charge in [0.25, 0.3) is 10.0 Å². The van der Waals surface area contributed by atoms with Crippen molar-refractivity contribution in [3.05, 3.63) is 22.8 Å². The largest absolute Gasteiger partial charge is 0.316 e. The van der Waals surface area contributed by atoms with Crippen LogP contribution in [0.4, 0.5) is 0 Å². The topological polar surface area (TPSA) is 71.1 Å². The molecule has 7 heteroatoms. The second-order valence-electron chi connectivity index (χ2n) is 3.36. The van der Waals surface area contributed by atoms with Gasteiger partial charge in [-0.15, -0.1) is 0 Å². The molecule has 0 fully saturated rings. The number of nitrogens with one attached hydrogen (secondary N) is 2. The third-order valence-corrected chi connectivity index (χ3v) is 3.86. The molecule has 0 aliphatic rings. The van der Waals surface area contributed by atoms with Gasteiger partial charge in [-0.25, -0.2) is 18.1 Å². The van der Waals surface area contributed by atoms with E-state index in [0.29, 0.717) is 6.54 Å². The summed E-state index contributed by atoms with van der Waals surface area (Å²) >= 11 is 3.20. The van der Waals surface area contributed by atoms with Gasteiger partial charge >= 0.3 is 0 Å². The molecule has 0 amide bonds. The zero-order valence-corrected chi connectivity index (χ0v) is 11.5. The molecule has 0 aromatic carbocycles. The van der Waals surface area contributed by atoms with Crippen molar-refractivity contribution in [2.45, 2.75) is 18.0 Å². The van der Waals surface area contributed by atoms with Crippen LogP contribution in [0.3, 0.4) is 0 Å². The molecule has 90 valence electrons. The number of pyridine rings is 1. The van der Waals surface area contributed by atoms with E-state index in [1.807, 2.05) is 6.92 Å². The summed E-state index contributed by atoms with van der Waals surface area (Å²) in [5, 5.41) is 2.97. The molecule has 16 heavy (non-hydrogen) atoms. The fraction of sp³-hybridized carbons (Fsp3) is 0.444. The molecule has 2 N–H and O–H groups in total. The average Bonchev–Trinajstić information content (AvgIpc) is 2.26. The maximum absolute atomic E-state index is 11.7. The predicted octanol–water partition coefficient (Wildman–Crippen LogP) is 0.730. The van der Waals surface area contributed by atoms with E-state index in [0.717, 1.165) is 4.47 Å². The number of halogens is 1. The van der Waals surface area contributed by atoms with Crippen molar-refractivity contribution in [1.29, 1.82) is 0 Å². The Morgan fingerprint density at radius 3 is 2.69 bits per heavy atom. The smallest absolute Gasteiger partial charge is 0.258 e. The van der Waals surface area contributed by atoms with Crippen molar-refractivity contribution in [3.8, 4) is 0 Å². The zero-order chi connectivity index (χ0) is 12.2. The molecule has 0 saturated heterocycles. The van der Waals surface area contributed by atoms with Gasteiger partial charge in [-0.1, -0.05) is 0 Å². The molecule has 1 aromatic rings. The van der Waals surface area contributed by atoms with Crippen molar-refractivity contribution in [2.24, 2.45) is 0 Å². The third-order valence-electron chi connectivity index (χ3n) is 2.05. The number of sulfonamides is 1. The highest BCUT2D eigenvalue weighted by molar-refractivity contribution is 9.10.